The van der Waals surface area contributed by atoms with E-state index in [1.165, 1.54) is 22.9 Å². The van der Waals surface area contributed by atoms with Crippen molar-refractivity contribution in [2.75, 3.05) is 26.2 Å². The number of halogens is 1. The van der Waals surface area contributed by atoms with Crippen LogP contribution in [0.15, 0.2) is 48.5 Å². The molecule has 1 unspecified atom stereocenters. The van der Waals surface area contributed by atoms with Crippen LogP contribution in [0.25, 0.3) is 10.2 Å². The number of aromatic nitrogens is 1. The Bertz CT molecular complexity index is 1080. The summed E-state index contributed by atoms with van der Waals surface area (Å²) >= 11 is 1.70. The van der Waals surface area contributed by atoms with Crippen LogP contribution in [-0.4, -0.2) is 58.8 Å². The van der Waals surface area contributed by atoms with E-state index in [4.69, 9.17) is 4.98 Å². The molecule has 1 aliphatic heterocycles. The highest BCUT2D eigenvalue weighted by Gasteiger charge is 2.31. The van der Waals surface area contributed by atoms with Gasteiger partial charge in [0.1, 0.15) is 16.9 Å². The Kier molecular flexibility index (Phi) is 6.81. The van der Waals surface area contributed by atoms with Crippen LogP contribution in [-0.2, 0) is 11.3 Å². The van der Waals surface area contributed by atoms with Crippen LogP contribution in [0.2, 0.25) is 0 Å². The van der Waals surface area contributed by atoms with Crippen molar-refractivity contribution in [1.29, 1.82) is 0 Å². The zero-order chi connectivity index (χ0) is 22.7. The van der Waals surface area contributed by atoms with Gasteiger partial charge in [-0.2, -0.15) is 0 Å². The van der Waals surface area contributed by atoms with Gasteiger partial charge in [-0.15, -0.1) is 11.3 Å². The van der Waals surface area contributed by atoms with Crippen molar-refractivity contribution >= 4 is 33.4 Å². The van der Waals surface area contributed by atoms with E-state index in [2.05, 4.69) is 16.3 Å². The third-order valence-corrected chi connectivity index (χ3v) is 6.74. The molecule has 1 N–H and O–H groups in total. The number of hydrogen-bond acceptors (Lipinski definition) is 5. The monoisotopic (exact) mass is 454 g/mol. The zero-order valence-corrected chi connectivity index (χ0v) is 19.1. The molecule has 0 radical (unpaired) electrons. The summed E-state index contributed by atoms with van der Waals surface area (Å²) in [5, 5.41) is 3.82. The van der Waals surface area contributed by atoms with Crippen molar-refractivity contribution in [1.82, 2.24) is 20.1 Å². The first-order valence-electron chi connectivity index (χ1n) is 10.8. The van der Waals surface area contributed by atoms with Gasteiger partial charge in [0.05, 0.1) is 22.3 Å². The topological polar surface area (TPSA) is 65.5 Å². The first kappa shape index (κ1) is 22.4. The van der Waals surface area contributed by atoms with Crippen molar-refractivity contribution in [3.63, 3.8) is 0 Å². The van der Waals surface area contributed by atoms with E-state index >= 15 is 0 Å². The number of nitrogens with one attached hydrogen (secondary N) is 1. The van der Waals surface area contributed by atoms with E-state index in [0.29, 0.717) is 13.1 Å². The number of hydrogen-bond donors (Lipinski definition) is 1. The van der Waals surface area contributed by atoms with Gasteiger partial charge in [-0.3, -0.25) is 14.5 Å². The molecule has 1 fully saturated rings. The highest BCUT2D eigenvalue weighted by molar-refractivity contribution is 7.18. The molecule has 3 aromatic rings. The lowest BCUT2D eigenvalue weighted by atomic mass is 10.0. The number of amides is 2. The van der Waals surface area contributed by atoms with Gasteiger partial charge in [-0.25, -0.2) is 9.37 Å². The molecule has 1 aromatic heterocycles. The molecule has 8 heteroatoms. The molecule has 1 saturated heterocycles. The second kappa shape index (κ2) is 9.75. The van der Waals surface area contributed by atoms with Crippen molar-refractivity contribution in [2.24, 2.45) is 5.92 Å². The number of para-hydroxylation sites is 1. The average molecular weight is 455 g/mol. The highest BCUT2D eigenvalue weighted by Crippen LogP contribution is 2.23. The van der Waals surface area contributed by atoms with Gasteiger partial charge in [0.25, 0.3) is 5.91 Å². The summed E-state index contributed by atoms with van der Waals surface area (Å²) in [7, 11) is 0. The minimum Gasteiger partial charge on any atom is -0.340 e. The second-order valence-electron chi connectivity index (χ2n) is 8.35. The quantitative estimate of drug-likeness (QED) is 0.619. The fourth-order valence-electron chi connectivity index (χ4n) is 3.88. The molecule has 0 saturated carbocycles. The number of benzene rings is 2. The molecular weight excluding hydrogens is 427 g/mol. The number of nitrogens with zero attached hydrogens (tertiary/aromatic N) is 3. The Morgan fingerprint density at radius 2 is 1.75 bits per heavy atom. The lowest BCUT2D eigenvalue weighted by molar-refractivity contribution is -0.136. The summed E-state index contributed by atoms with van der Waals surface area (Å²) < 4.78 is 15.2. The number of piperazine rings is 1. The Hall–Kier alpha value is -2.84. The molecule has 168 valence electrons. The number of rotatable bonds is 6. The molecule has 1 aliphatic rings. The summed E-state index contributed by atoms with van der Waals surface area (Å²) in [6.07, 6.45) is 0. The lowest BCUT2D eigenvalue weighted by Gasteiger charge is -2.37. The lowest BCUT2D eigenvalue weighted by Crippen LogP contribution is -2.56. The van der Waals surface area contributed by atoms with Gasteiger partial charge < -0.3 is 10.2 Å². The van der Waals surface area contributed by atoms with E-state index in [1.54, 1.807) is 22.3 Å². The summed E-state index contributed by atoms with van der Waals surface area (Å²) in [6, 6.07) is 13.2. The van der Waals surface area contributed by atoms with Crippen LogP contribution in [0.4, 0.5) is 4.39 Å². The SMILES string of the molecule is CC(C)C(NC(=O)c1ccccc1F)C(=O)N1CCN(Cc2nc3ccccc3s2)CC1. The van der Waals surface area contributed by atoms with E-state index in [-0.39, 0.29) is 17.4 Å². The smallest absolute Gasteiger partial charge is 0.254 e. The van der Waals surface area contributed by atoms with Crippen molar-refractivity contribution < 1.29 is 14.0 Å². The third kappa shape index (κ3) is 4.97. The first-order chi connectivity index (χ1) is 15.4. The Morgan fingerprint density at radius 3 is 2.44 bits per heavy atom. The van der Waals surface area contributed by atoms with Gasteiger partial charge in [0.2, 0.25) is 5.91 Å². The van der Waals surface area contributed by atoms with Crippen LogP contribution < -0.4 is 5.32 Å². The van der Waals surface area contributed by atoms with E-state index in [1.807, 2.05) is 32.0 Å². The summed E-state index contributed by atoms with van der Waals surface area (Å²) in [5.74, 6) is -1.39. The van der Waals surface area contributed by atoms with E-state index in [9.17, 15) is 14.0 Å². The molecule has 2 amide bonds. The van der Waals surface area contributed by atoms with Crippen LogP contribution >= 0.6 is 11.3 Å². The molecule has 32 heavy (non-hydrogen) atoms. The van der Waals surface area contributed by atoms with Crippen molar-refractivity contribution in [2.45, 2.75) is 26.4 Å². The maximum absolute atomic E-state index is 14.0. The summed E-state index contributed by atoms with van der Waals surface area (Å²) in [5.41, 5.74) is 0.971. The second-order valence-corrected chi connectivity index (χ2v) is 9.47. The fraction of sp³-hybridized carbons (Fsp3) is 0.375. The van der Waals surface area contributed by atoms with Gasteiger partial charge in [-0.05, 0) is 30.2 Å². The maximum atomic E-state index is 14.0. The minimum atomic E-state index is -0.696. The van der Waals surface area contributed by atoms with E-state index < -0.39 is 17.8 Å². The zero-order valence-electron chi connectivity index (χ0n) is 18.3. The normalized spacial score (nSPS) is 15.8. The van der Waals surface area contributed by atoms with Crippen molar-refractivity contribution in [3.05, 3.63) is 64.9 Å². The van der Waals surface area contributed by atoms with Crippen LogP contribution in [0, 0.1) is 11.7 Å². The minimum absolute atomic E-state index is 0.0494. The first-order valence-corrected chi connectivity index (χ1v) is 11.6. The molecule has 0 bridgehead atoms. The van der Waals surface area contributed by atoms with Crippen LogP contribution in [0.3, 0.4) is 0 Å². The Morgan fingerprint density at radius 1 is 1.06 bits per heavy atom. The molecule has 0 aliphatic carbocycles. The molecule has 6 nitrogen and oxygen atoms in total. The molecule has 2 heterocycles. The molecular formula is C24H27FN4O2S. The predicted molar refractivity (Wildman–Crippen MR) is 124 cm³/mol. The fourth-order valence-corrected chi connectivity index (χ4v) is 4.89. The predicted octanol–water partition coefficient (Wildman–Crippen LogP) is 3.53. The summed E-state index contributed by atoms with van der Waals surface area (Å²) in [6.45, 7) is 7.19. The number of carbonyl (C=O) groups is 2. The number of thiazole rings is 1. The number of fused-ring (bicyclic) bond motifs is 1. The van der Waals surface area contributed by atoms with Crippen LogP contribution in [0.1, 0.15) is 29.2 Å². The van der Waals surface area contributed by atoms with E-state index in [0.717, 1.165) is 30.2 Å². The van der Waals surface area contributed by atoms with Gasteiger partial charge >= 0.3 is 0 Å². The van der Waals surface area contributed by atoms with Gasteiger partial charge in [0.15, 0.2) is 0 Å². The molecule has 0 spiro atoms. The Balaban J connectivity index is 1.35. The standard InChI is InChI=1S/C24H27FN4O2S/c1-16(2)22(27-23(30)17-7-3-4-8-18(17)25)24(31)29-13-11-28(12-14-29)15-21-26-19-9-5-6-10-20(19)32-21/h3-10,16,22H,11-15H2,1-2H3,(H,27,30). The molecule has 4 rings (SSSR count). The molecule has 1 atom stereocenters. The number of carbonyl (C=O) groups excluding carboxylic acids is 2. The summed E-state index contributed by atoms with van der Waals surface area (Å²) in [4.78, 5) is 34.5. The largest absolute Gasteiger partial charge is 0.340 e. The molecule has 2 aromatic carbocycles. The maximum Gasteiger partial charge on any atom is 0.254 e. The van der Waals surface area contributed by atoms with Gasteiger partial charge in [0, 0.05) is 26.2 Å². The highest BCUT2D eigenvalue weighted by atomic mass is 32.1. The average Bonchev–Trinajstić information content (AvgIpc) is 3.20. The third-order valence-electron chi connectivity index (χ3n) is 5.72. The van der Waals surface area contributed by atoms with Crippen molar-refractivity contribution in [3.8, 4) is 0 Å². The van der Waals surface area contributed by atoms with Crippen LogP contribution in [0.5, 0.6) is 0 Å². The Labute approximate surface area is 191 Å². The van der Waals surface area contributed by atoms with Gasteiger partial charge in [-0.1, -0.05) is 38.1 Å².